The van der Waals surface area contributed by atoms with Gasteiger partial charge < -0.3 is 20.3 Å². The Hall–Kier alpha value is -1.60. The van der Waals surface area contributed by atoms with Crippen LogP contribution in [-0.4, -0.2) is 49.0 Å². The number of halogens is 1. The van der Waals surface area contributed by atoms with Gasteiger partial charge in [-0.15, -0.1) is 0 Å². The van der Waals surface area contributed by atoms with Crippen LogP contribution in [0.3, 0.4) is 0 Å². The van der Waals surface area contributed by atoms with Gasteiger partial charge in [0.25, 0.3) is 5.91 Å². The third-order valence-corrected chi connectivity index (χ3v) is 4.48. The van der Waals surface area contributed by atoms with Gasteiger partial charge in [-0.2, -0.15) is 0 Å². The fourth-order valence-electron chi connectivity index (χ4n) is 2.80. The molecule has 2 amide bonds. The molecule has 1 aromatic carbocycles. The molecule has 2 aliphatic rings. The zero-order chi connectivity index (χ0) is 15.7. The van der Waals surface area contributed by atoms with Crippen LogP contribution in [0.5, 0.6) is 5.75 Å². The number of ether oxygens (including phenoxy) is 1. The minimum atomic E-state index is -0.124. The topological polar surface area (TPSA) is 75.9 Å². The van der Waals surface area contributed by atoms with Crippen molar-refractivity contribution in [1.29, 1.82) is 0 Å². The molecule has 22 heavy (non-hydrogen) atoms. The number of carbonyl (C=O) groups is 2. The van der Waals surface area contributed by atoms with Crippen molar-refractivity contribution in [3.8, 4) is 5.75 Å². The first kappa shape index (κ1) is 15.3. The third kappa shape index (κ3) is 3.10. The SMILES string of the molecule is NC1CCN(C(=O)CCN2C(=O)COc3cc(Br)ccc32)C1. The number of nitrogens with two attached hydrogens (primary N) is 1. The van der Waals surface area contributed by atoms with Gasteiger partial charge in [0, 0.05) is 36.6 Å². The van der Waals surface area contributed by atoms with Gasteiger partial charge in [0.1, 0.15) is 5.75 Å². The van der Waals surface area contributed by atoms with Gasteiger partial charge in [-0.3, -0.25) is 9.59 Å². The molecule has 2 heterocycles. The molecule has 1 saturated heterocycles. The summed E-state index contributed by atoms with van der Waals surface area (Å²) < 4.78 is 6.33. The first-order chi connectivity index (χ1) is 10.5. The van der Waals surface area contributed by atoms with Crippen LogP contribution in [0, 0.1) is 0 Å². The molecule has 0 bridgehead atoms. The molecule has 1 atom stereocenters. The Morgan fingerprint density at radius 1 is 1.45 bits per heavy atom. The standard InChI is InChI=1S/C15H18BrN3O3/c16-10-1-2-12-13(7-10)22-9-15(21)19(12)6-4-14(20)18-5-3-11(17)8-18/h1-2,7,11H,3-6,8-9,17H2. The van der Waals surface area contributed by atoms with Crippen molar-refractivity contribution in [3.05, 3.63) is 22.7 Å². The number of nitrogens with zero attached hydrogens (tertiary/aromatic N) is 2. The molecule has 0 aromatic heterocycles. The van der Waals surface area contributed by atoms with Gasteiger partial charge in [0.05, 0.1) is 5.69 Å². The fourth-order valence-corrected chi connectivity index (χ4v) is 3.14. The molecule has 1 fully saturated rings. The minimum absolute atomic E-state index is 0.00618. The molecule has 0 aliphatic carbocycles. The second kappa shape index (κ2) is 6.26. The van der Waals surface area contributed by atoms with Crippen molar-refractivity contribution in [2.45, 2.75) is 18.9 Å². The lowest BCUT2D eigenvalue weighted by molar-refractivity contribution is -0.130. The van der Waals surface area contributed by atoms with E-state index in [4.69, 9.17) is 10.5 Å². The van der Waals surface area contributed by atoms with E-state index in [1.165, 1.54) is 0 Å². The van der Waals surface area contributed by atoms with Crippen molar-refractivity contribution < 1.29 is 14.3 Å². The van der Waals surface area contributed by atoms with E-state index >= 15 is 0 Å². The Kier molecular flexibility index (Phi) is 4.35. The maximum Gasteiger partial charge on any atom is 0.265 e. The molecule has 2 aliphatic heterocycles. The normalized spacial score (nSPS) is 20.8. The maximum atomic E-state index is 12.2. The Labute approximate surface area is 137 Å². The summed E-state index contributed by atoms with van der Waals surface area (Å²) in [5.41, 5.74) is 6.54. The Morgan fingerprint density at radius 2 is 2.27 bits per heavy atom. The van der Waals surface area contributed by atoms with Gasteiger partial charge in [0.15, 0.2) is 6.61 Å². The summed E-state index contributed by atoms with van der Waals surface area (Å²) in [5, 5.41) is 0. The van der Waals surface area contributed by atoms with E-state index in [9.17, 15) is 9.59 Å². The van der Waals surface area contributed by atoms with Crippen molar-refractivity contribution in [2.24, 2.45) is 5.73 Å². The van der Waals surface area contributed by atoms with Crippen molar-refractivity contribution in [3.63, 3.8) is 0 Å². The van der Waals surface area contributed by atoms with Crippen LogP contribution in [0.25, 0.3) is 0 Å². The molecular weight excluding hydrogens is 350 g/mol. The van der Waals surface area contributed by atoms with Crippen LogP contribution in [0.2, 0.25) is 0 Å². The number of anilines is 1. The fraction of sp³-hybridized carbons (Fsp3) is 0.467. The average molecular weight is 368 g/mol. The number of benzene rings is 1. The van der Waals surface area contributed by atoms with E-state index in [-0.39, 0.29) is 24.5 Å². The summed E-state index contributed by atoms with van der Waals surface area (Å²) in [6.07, 6.45) is 1.15. The first-order valence-electron chi connectivity index (χ1n) is 7.30. The molecule has 2 N–H and O–H groups in total. The number of fused-ring (bicyclic) bond motifs is 1. The molecule has 1 unspecified atom stereocenters. The summed E-state index contributed by atoms with van der Waals surface area (Å²) >= 11 is 3.38. The van der Waals surface area contributed by atoms with Crippen molar-refractivity contribution >= 4 is 33.4 Å². The predicted octanol–water partition coefficient (Wildman–Crippen LogP) is 1.12. The first-order valence-corrected chi connectivity index (χ1v) is 8.10. The largest absolute Gasteiger partial charge is 0.482 e. The molecule has 6 nitrogen and oxygen atoms in total. The van der Waals surface area contributed by atoms with Crippen molar-refractivity contribution in [2.75, 3.05) is 31.1 Å². The molecule has 0 radical (unpaired) electrons. The molecule has 118 valence electrons. The maximum absolute atomic E-state index is 12.2. The summed E-state index contributed by atoms with van der Waals surface area (Å²) in [6.45, 7) is 1.69. The highest BCUT2D eigenvalue weighted by molar-refractivity contribution is 9.10. The minimum Gasteiger partial charge on any atom is -0.482 e. The summed E-state index contributed by atoms with van der Waals surface area (Å²) in [6, 6.07) is 5.59. The van der Waals surface area contributed by atoms with Gasteiger partial charge >= 0.3 is 0 Å². The van der Waals surface area contributed by atoms with E-state index in [0.29, 0.717) is 37.5 Å². The Balaban J connectivity index is 1.67. The lowest BCUT2D eigenvalue weighted by Gasteiger charge is -2.29. The van der Waals surface area contributed by atoms with E-state index < -0.39 is 0 Å². The van der Waals surface area contributed by atoms with Gasteiger partial charge in [-0.25, -0.2) is 0 Å². The van der Waals surface area contributed by atoms with Crippen LogP contribution in [-0.2, 0) is 9.59 Å². The zero-order valence-electron chi connectivity index (χ0n) is 12.1. The smallest absolute Gasteiger partial charge is 0.265 e. The average Bonchev–Trinajstić information content (AvgIpc) is 2.93. The highest BCUT2D eigenvalue weighted by Gasteiger charge is 2.28. The van der Waals surface area contributed by atoms with Crippen LogP contribution < -0.4 is 15.4 Å². The number of hydrogen-bond acceptors (Lipinski definition) is 4. The van der Waals surface area contributed by atoms with Crippen LogP contribution in [0.15, 0.2) is 22.7 Å². The summed E-state index contributed by atoms with van der Waals surface area (Å²) in [4.78, 5) is 27.7. The third-order valence-electron chi connectivity index (χ3n) is 3.99. The zero-order valence-corrected chi connectivity index (χ0v) is 13.7. The van der Waals surface area contributed by atoms with E-state index in [2.05, 4.69) is 15.9 Å². The lowest BCUT2D eigenvalue weighted by Crippen LogP contribution is -2.41. The van der Waals surface area contributed by atoms with E-state index in [0.717, 1.165) is 10.9 Å². The molecule has 7 heteroatoms. The number of hydrogen-bond donors (Lipinski definition) is 1. The Bertz CT molecular complexity index is 608. The number of likely N-dealkylation sites (tertiary alicyclic amines) is 1. The molecule has 3 rings (SSSR count). The molecule has 1 aromatic rings. The second-order valence-electron chi connectivity index (χ2n) is 5.58. The summed E-state index contributed by atoms with van der Waals surface area (Å²) in [7, 11) is 0. The Morgan fingerprint density at radius 3 is 3.00 bits per heavy atom. The molecule has 0 saturated carbocycles. The van der Waals surface area contributed by atoms with Crippen LogP contribution in [0.4, 0.5) is 5.69 Å². The molecular formula is C15H18BrN3O3. The predicted molar refractivity (Wildman–Crippen MR) is 85.8 cm³/mol. The van der Waals surface area contributed by atoms with Crippen LogP contribution in [0.1, 0.15) is 12.8 Å². The van der Waals surface area contributed by atoms with Crippen molar-refractivity contribution in [1.82, 2.24) is 4.90 Å². The van der Waals surface area contributed by atoms with E-state index in [1.54, 1.807) is 9.80 Å². The second-order valence-corrected chi connectivity index (χ2v) is 6.50. The summed E-state index contributed by atoms with van der Waals surface area (Å²) in [5.74, 6) is 0.580. The van der Waals surface area contributed by atoms with Gasteiger partial charge in [0.2, 0.25) is 5.91 Å². The number of carbonyl (C=O) groups excluding carboxylic acids is 2. The monoisotopic (exact) mass is 367 g/mol. The van der Waals surface area contributed by atoms with Gasteiger partial charge in [-0.1, -0.05) is 15.9 Å². The molecule has 0 spiro atoms. The number of rotatable bonds is 3. The van der Waals surface area contributed by atoms with E-state index in [1.807, 2.05) is 18.2 Å². The highest BCUT2D eigenvalue weighted by Crippen LogP contribution is 2.34. The van der Waals surface area contributed by atoms with Gasteiger partial charge in [-0.05, 0) is 24.6 Å². The number of amides is 2. The van der Waals surface area contributed by atoms with Crippen LogP contribution >= 0.6 is 15.9 Å². The highest BCUT2D eigenvalue weighted by atomic mass is 79.9. The quantitative estimate of drug-likeness (QED) is 0.868. The lowest BCUT2D eigenvalue weighted by atomic mass is 10.2.